The first kappa shape index (κ1) is 21.0. The summed E-state index contributed by atoms with van der Waals surface area (Å²) in [4.78, 5) is 12.2. The Balaban J connectivity index is 1.80. The lowest BCUT2D eigenvalue weighted by Crippen LogP contribution is -2.45. The van der Waals surface area contributed by atoms with E-state index in [2.05, 4.69) is 5.32 Å². The summed E-state index contributed by atoms with van der Waals surface area (Å²) in [5, 5.41) is 13.6. The highest BCUT2D eigenvalue weighted by Crippen LogP contribution is 2.46. The molecule has 8 heteroatoms. The number of aliphatic hydroxyl groups excluding tert-OH is 1. The van der Waals surface area contributed by atoms with Crippen molar-refractivity contribution in [2.75, 3.05) is 0 Å². The Morgan fingerprint density at radius 1 is 1.25 bits per heavy atom. The molecule has 1 aromatic carbocycles. The highest BCUT2D eigenvalue weighted by molar-refractivity contribution is 5.68. The number of carbonyl (C=O) groups excluding carboxylic acids is 1. The summed E-state index contributed by atoms with van der Waals surface area (Å²) >= 11 is 0. The first-order valence-corrected chi connectivity index (χ1v) is 9.34. The van der Waals surface area contributed by atoms with Crippen molar-refractivity contribution in [3.63, 3.8) is 0 Å². The molecule has 1 amide bonds. The topological polar surface area (TPSA) is 77.0 Å². The number of rotatable bonds is 3. The van der Waals surface area contributed by atoms with Gasteiger partial charge in [-0.1, -0.05) is 6.07 Å². The second-order valence-electron chi connectivity index (χ2n) is 8.84. The predicted molar refractivity (Wildman–Crippen MR) is 96.4 cm³/mol. The number of amides is 1. The van der Waals surface area contributed by atoms with Crippen molar-refractivity contribution in [2.45, 2.75) is 76.8 Å². The average molecular weight is 399 g/mol. The number of fused-ring (bicyclic) bond motifs is 1. The summed E-state index contributed by atoms with van der Waals surface area (Å²) in [6.07, 6.45) is -2.37. The van der Waals surface area contributed by atoms with Crippen LogP contribution in [0.25, 0.3) is 0 Å². The van der Waals surface area contributed by atoms with Gasteiger partial charge >= 0.3 is 6.09 Å². The van der Waals surface area contributed by atoms with E-state index in [1.165, 1.54) is 6.07 Å². The first-order valence-electron chi connectivity index (χ1n) is 9.34. The van der Waals surface area contributed by atoms with Crippen molar-refractivity contribution in [3.8, 4) is 0 Å². The molecule has 6 nitrogen and oxygen atoms in total. The summed E-state index contributed by atoms with van der Waals surface area (Å²) in [5.41, 5.74) is -0.409. The van der Waals surface area contributed by atoms with Crippen molar-refractivity contribution in [3.05, 3.63) is 35.4 Å². The van der Waals surface area contributed by atoms with Gasteiger partial charge in [-0.25, -0.2) is 13.6 Å². The average Bonchev–Trinajstić information content (AvgIpc) is 3.01. The van der Waals surface area contributed by atoms with E-state index in [-0.39, 0.29) is 5.56 Å². The lowest BCUT2D eigenvalue weighted by atomic mass is 9.92. The van der Waals surface area contributed by atoms with E-state index in [0.29, 0.717) is 6.42 Å². The fraction of sp³-hybridized carbons (Fsp3) is 0.650. The first-order chi connectivity index (χ1) is 12.9. The van der Waals surface area contributed by atoms with E-state index in [4.69, 9.17) is 14.2 Å². The molecule has 1 aliphatic heterocycles. The Kier molecular flexibility index (Phi) is 5.42. The van der Waals surface area contributed by atoms with E-state index in [0.717, 1.165) is 12.1 Å². The summed E-state index contributed by atoms with van der Waals surface area (Å²) in [5.74, 6) is -3.38. The van der Waals surface area contributed by atoms with Crippen LogP contribution in [-0.2, 0) is 14.2 Å². The minimum atomic E-state index is -1.11. The molecule has 1 saturated heterocycles. The van der Waals surface area contributed by atoms with Crippen molar-refractivity contribution in [2.24, 2.45) is 5.92 Å². The fourth-order valence-electron chi connectivity index (χ4n) is 3.87. The smallest absolute Gasteiger partial charge is 0.407 e. The molecule has 2 aliphatic rings. The van der Waals surface area contributed by atoms with Gasteiger partial charge < -0.3 is 24.6 Å². The highest BCUT2D eigenvalue weighted by atomic mass is 19.2. The molecular weight excluding hydrogens is 372 g/mol. The number of hydrogen-bond donors (Lipinski definition) is 2. The standard InChI is InChI=1S/C20H27F2NO5/c1-19(2,3)28-18(25)23-14-9-11(16-17(14)27-20(4,5)26-16)15(24)10-6-7-12(21)13(22)8-10/h6-8,11,14-17,24H,9H2,1-5H3,(H,23,25)/t11-,14-,15?,16-,17+/m1/s1. The van der Waals surface area contributed by atoms with Crippen LogP contribution >= 0.6 is 0 Å². The van der Waals surface area contributed by atoms with E-state index >= 15 is 0 Å². The van der Waals surface area contributed by atoms with Gasteiger partial charge in [0, 0.05) is 5.92 Å². The number of ether oxygens (including phenoxy) is 3. The molecule has 1 aliphatic carbocycles. The normalized spacial score (nSPS) is 30.0. The molecule has 0 spiro atoms. The predicted octanol–water partition coefficient (Wildman–Crippen LogP) is 3.43. The third-order valence-corrected chi connectivity index (χ3v) is 4.90. The van der Waals surface area contributed by atoms with E-state index in [1.807, 2.05) is 0 Å². The second-order valence-corrected chi connectivity index (χ2v) is 8.84. The van der Waals surface area contributed by atoms with Gasteiger partial charge in [-0.3, -0.25) is 0 Å². The molecule has 1 heterocycles. The van der Waals surface area contributed by atoms with Gasteiger partial charge in [0.05, 0.1) is 18.2 Å². The molecule has 1 aromatic rings. The van der Waals surface area contributed by atoms with Crippen LogP contribution in [0.5, 0.6) is 0 Å². The summed E-state index contributed by atoms with van der Waals surface area (Å²) in [6, 6.07) is 2.84. The van der Waals surface area contributed by atoms with Crippen LogP contribution in [-0.4, -0.2) is 40.8 Å². The molecule has 0 radical (unpaired) electrons. The molecular formula is C20H27F2NO5. The lowest BCUT2D eigenvalue weighted by molar-refractivity contribution is -0.163. The molecule has 156 valence electrons. The van der Waals surface area contributed by atoms with Gasteiger partial charge in [0.1, 0.15) is 11.7 Å². The third kappa shape index (κ3) is 4.45. The van der Waals surface area contributed by atoms with Gasteiger partial charge in [0.25, 0.3) is 0 Å². The largest absolute Gasteiger partial charge is 0.444 e. The number of alkyl carbamates (subject to hydrolysis) is 1. The monoisotopic (exact) mass is 399 g/mol. The Morgan fingerprint density at radius 2 is 1.89 bits per heavy atom. The fourth-order valence-corrected chi connectivity index (χ4v) is 3.87. The number of benzene rings is 1. The zero-order valence-electron chi connectivity index (χ0n) is 16.7. The Bertz CT molecular complexity index is 749. The SMILES string of the molecule is CC(C)(C)OC(=O)N[C@@H]1C[C@H](C(O)c2ccc(F)c(F)c2)[C@H]2OC(C)(C)O[C@H]21. The number of halogens is 2. The molecule has 2 N–H and O–H groups in total. The zero-order valence-corrected chi connectivity index (χ0v) is 16.7. The number of aliphatic hydroxyl groups is 1. The van der Waals surface area contributed by atoms with Crippen LogP contribution in [0, 0.1) is 17.6 Å². The zero-order chi connectivity index (χ0) is 20.9. The molecule has 0 bridgehead atoms. The summed E-state index contributed by atoms with van der Waals surface area (Å²) in [6.45, 7) is 8.78. The summed E-state index contributed by atoms with van der Waals surface area (Å²) in [7, 11) is 0. The van der Waals surface area contributed by atoms with Crippen LogP contribution < -0.4 is 5.32 Å². The van der Waals surface area contributed by atoms with Crippen LogP contribution in [0.3, 0.4) is 0 Å². The summed E-state index contributed by atoms with van der Waals surface area (Å²) < 4.78 is 44.0. The second kappa shape index (κ2) is 7.24. The minimum absolute atomic E-state index is 0.244. The van der Waals surface area contributed by atoms with Crippen molar-refractivity contribution >= 4 is 6.09 Å². The molecule has 3 rings (SSSR count). The van der Waals surface area contributed by atoms with Crippen molar-refractivity contribution in [1.29, 1.82) is 0 Å². The number of nitrogens with one attached hydrogen (secondary N) is 1. The van der Waals surface area contributed by atoms with Gasteiger partial charge in [-0.2, -0.15) is 0 Å². The molecule has 0 aromatic heterocycles. The van der Waals surface area contributed by atoms with E-state index < -0.39 is 59.4 Å². The number of hydrogen-bond acceptors (Lipinski definition) is 5. The van der Waals surface area contributed by atoms with E-state index in [1.54, 1.807) is 34.6 Å². The minimum Gasteiger partial charge on any atom is -0.444 e. The third-order valence-electron chi connectivity index (χ3n) is 4.90. The quantitative estimate of drug-likeness (QED) is 0.814. The molecule has 1 unspecified atom stereocenters. The molecule has 5 atom stereocenters. The lowest BCUT2D eigenvalue weighted by Gasteiger charge is -2.27. The maximum atomic E-state index is 13.6. The van der Waals surface area contributed by atoms with Gasteiger partial charge in [-0.15, -0.1) is 0 Å². The molecule has 2 fully saturated rings. The van der Waals surface area contributed by atoms with Crippen LogP contribution in [0.1, 0.15) is 52.7 Å². The highest BCUT2D eigenvalue weighted by Gasteiger charge is 2.56. The maximum Gasteiger partial charge on any atom is 0.407 e. The maximum absolute atomic E-state index is 13.6. The molecule has 28 heavy (non-hydrogen) atoms. The Labute approximate surface area is 163 Å². The van der Waals surface area contributed by atoms with Crippen molar-refractivity contribution in [1.82, 2.24) is 5.32 Å². The Hall–Kier alpha value is -1.77. The van der Waals surface area contributed by atoms with E-state index in [9.17, 15) is 18.7 Å². The Morgan fingerprint density at radius 3 is 2.50 bits per heavy atom. The van der Waals surface area contributed by atoms with Crippen LogP contribution in [0.15, 0.2) is 18.2 Å². The van der Waals surface area contributed by atoms with Crippen LogP contribution in [0.4, 0.5) is 13.6 Å². The van der Waals surface area contributed by atoms with Crippen LogP contribution in [0.2, 0.25) is 0 Å². The number of carbonyl (C=O) groups is 1. The van der Waals surface area contributed by atoms with Crippen molar-refractivity contribution < 1.29 is 32.9 Å². The van der Waals surface area contributed by atoms with Gasteiger partial charge in [0.2, 0.25) is 0 Å². The van der Waals surface area contributed by atoms with Gasteiger partial charge in [0.15, 0.2) is 17.4 Å². The van der Waals surface area contributed by atoms with Gasteiger partial charge in [-0.05, 0) is 58.7 Å². The molecule has 1 saturated carbocycles.